The summed E-state index contributed by atoms with van der Waals surface area (Å²) < 4.78 is 8.34. The molecule has 0 unspecified atom stereocenters. The van der Waals surface area contributed by atoms with Crippen molar-refractivity contribution in [2.75, 3.05) is 7.11 Å². The van der Waals surface area contributed by atoms with Gasteiger partial charge < -0.3 is 4.74 Å². The van der Waals surface area contributed by atoms with Gasteiger partial charge in [-0.15, -0.1) is 0 Å². The molecule has 0 aliphatic rings. The van der Waals surface area contributed by atoms with E-state index in [4.69, 9.17) is 4.74 Å². The molecule has 3 aromatic rings. The van der Waals surface area contributed by atoms with Gasteiger partial charge in [-0.25, -0.2) is 4.98 Å². The Hall–Kier alpha value is -1.63. The predicted octanol–water partition coefficient (Wildman–Crippen LogP) is 3.09. The number of aromatic nitrogens is 3. The second-order valence-corrected chi connectivity index (χ2v) is 5.46. The molecule has 0 aliphatic carbocycles. The van der Waals surface area contributed by atoms with E-state index < -0.39 is 0 Å². The van der Waals surface area contributed by atoms with Crippen LogP contribution < -0.4 is 4.74 Å². The molecule has 0 saturated heterocycles. The van der Waals surface area contributed by atoms with Crippen LogP contribution in [-0.4, -0.2) is 21.9 Å². The van der Waals surface area contributed by atoms with Gasteiger partial charge in [0.2, 0.25) is 5.88 Å². The highest BCUT2D eigenvalue weighted by Gasteiger charge is 2.04. The molecule has 0 bridgehead atoms. The molecule has 0 amide bonds. The summed E-state index contributed by atoms with van der Waals surface area (Å²) in [6.45, 7) is 0.711. The highest BCUT2D eigenvalue weighted by atomic mass is 127. The van der Waals surface area contributed by atoms with Gasteiger partial charge >= 0.3 is 0 Å². The van der Waals surface area contributed by atoms with E-state index in [2.05, 4.69) is 50.9 Å². The van der Waals surface area contributed by atoms with Crippen molar-refractivity contribution in [3.05, 3.63) is 51.9 Å². The fourth-order valence-corrected chi connectivity index (χ4v) is 2.53. The third kappa shape index (κ3) is 2.56. The van der Waals surface area contributed by atoms with Gasteiger partial charge in [0.25, 0.3) is 0 Å². The average molecular weight is 365 g/mol. The molecule has 0 atom stereocenters. The summed E-state index contributed by atoms with van der Waals surface area (Å²) in [5.41, 5.74) is 2.26. The number of ether oxygens (including phenoxy) is 1. The summed E-state index contributed by atoms with van der Waals surface area (Å²) in [5, 5.41) is 5.60. The molecule has 2 heterocycles. The van der Waals surface area contributed by atoms with Gasteiger partial charge in [0.15, 0.2) is 0 Å². The van der Waals surface area contributed by atoms with Crippen molar-refractivity contribution in [3.63, 3.8) is 0 Å². The topological polar surface area (TPSA) is 39.9 Å². The van der Waals surface area contributed by atoms with Crippen LogP contribution in [0.15, 0.2) is 42.7 Å². The Morgan fingerprint density at radius 3 is 3.00 bits per heavy atom. The smallest absolute Gasteiger partial charge is 0.213 e. The largest absolute Gasteiger partial charge is 0.481 e. The lowest BCUT2D eigenvalue weighted by Gasteiger charge is -2.05. The van der Waals surface area contributed by atoms with Crippen LogP contribution >= 0.6 is 22.6 Å². The van der Waals surface area contributed by atoms with Crippen LogP contribution in [0.3, 0.4) is 0 Å². The molecule has 0 fully saturated rings. The molecule has 1 aromatic carbocycles. The molecule has 0 radical (unpaired) electrons. The minimum atomic E-state index is 0.628. The molecule has 2 aromatic heterocycles. The van der Waals surface area contributed by atoms with Crippen molar-refractivity contribution in [1.82, 2.24) is 14.8 Å². The molecule has 5 heteroatoms. The number of benzene rings is 1. The van der Waals surface area contributed by atoms with E-state index in [0.717, 1.165) is 16.5 Å². The van der Waals surface area contributed by atoms with E-state index in [0.29, 0.717) is 12.4 Å². The summed E-state index contributed by atoms with van der Waals surface area (Å²) in [7, 11) is 1.62. The standard InChI is InChI=1S/C14H12IN3O/c1-19-14-6-10(4-5-16-14)9-18-13-3-2-12(15)7-11(13)8-17-18/h2-8H,9H2,1H3. The maximum atomic E-state index is 5.14. The highest BCUT2D eigenvalue weighted by molar-refractivity contribution is 14.1. The van der Waals surface area contributed by atoms with Crippen LogP contribution in [0, 0.1) is 3.57 Å². The molecular weight excluding hydrogens is 353 g/mol. The quantitative estimate of drug-likeness (QED) is 0.670. The van der Waals surface area contributed by atoms with E-state index in [1.807, 2.05) is 23.0 Å². The predicted molar refractivity (Wildman–Crippen MR) is 82.3 cm³/mol. The second kappa shape index (κ2) is 5.16. The number of fused-ring (bicyclic) bond motifs is 1. The Kier molecular flexibility index (Phi) is 3.37. The van der Waals surface area contributed by atoms with E-state index in [1.165, 1.54) is 3.57 Å². The first-order valence-electron chi connectivity index (χ1n) is 5.86. The second-order valence-electron chi connectivity index (χ2n) is 4.21. The summed E-state index contributed by atoms with van der Waals surface area (Å²) >= 11 is 2.31. The van der Waals surface area contributed by atoms with Gasteiger partial charge in [-0.2, -0.15) is 5.10 Å². The third-order valence-corrected chi connectivity index (χ3v) is 3.62. The van der Waals surface area contributed by atoms with Gasteiger partial charge in [-0.1, -0.05) is 0 Å². The maximum absolute atomic E-state index is 5.14. The molecule has 19 heavy (non-hydrogen) atoms. The molecule has 0 aliphatic heterocycles. The number of pyridine rings is 1. The highest BCUT2D eigenvalue weighted by Crippen LogP contribution is 2.18. The van der Waals surface area contributed by atoms with Crippen LogP contribution in [0.4, 0.5) is 0 Å². The zero-order valence-electron chi connectivity index (χ0n) is 10.4. The van der Waals surface area contributed by atoms with Gasteiger partial charge in [0, 0.05) is 21.2 Å². The van der Waals surface area contributed by atoms with Crippen LogP contribution in [-0.2, 0) is 6.54 Å². The third-order valence-electron chi connectivity index (χ3n) is 2.94. The van der Waals surface area contributed by atoms with E-state index >= 15 is 0 Å². The van der Waals surface area contributed by atoms with Crippen molar-refractivity contribution >= 4 is 33.5 Å². The molecule has 96 valence electrons. The van der Waals surface area contributed by atoms with Gasteiger partial charge in [0.1, 0.15) is 0 Å². The van der Waals surface area contributed by atoms with Gasteiger partial charge in [0.05, 0.1) is 25.4 Å². The number of halogens is 1. The van der Waals surface area contributed by atoms with Crippen LogP contribution in [0.1, 0.15) is 5.56 Å². The molecule has 0 saturated carbocycles. The summed E-state index contributed by atoms with van der Waals surface area (Å²) in [4.78, 5) is 4.11. The first-order valence-corrected chi connectivity index (χ1v) is 6.94. The van der Waals surface area contributed by atoms with Crippen LogP contribution in [0.2, 0.25) is 0 Å². The van der Waals surface area contributed by atoms with Crippen molar-refractivity contribution in [2.24, 2.45) is 0 Å². The number of rotatable bonds is 3. The van der Waals surface area contributed by atoms with E-state index in [1.54, 1.807) is 13.3 Å². The summed E-state index contributed by atoms with van der Waals surface area (Å²) in [5.74, 6) is 0.628. The van der Waals surface area contributed by atoms with Crippen LogP contribution in [0.25, 0.3) is 10.9 Å². The maximum Gasteiger partial charge on any atom is 0.213 e. The summed E-state index contributed by atoms with van der Waals surface area (Å²) in [6.07, 6.45) is 3.65. The zero-order valence-corrected chi connectivity index (χ0v) is 12.5. The molecule has 0 N–H and O–H groups in total. The number of hydrogen-bond donors (Lipinski definition) is 0. The number of methoxy groups -OCH3 is 1. The number of hydrogen-bond acceptors (Lipinski definition) is 3. The Morgan fingerprint density at radius 1 is 1.26 bits per heavy atom. The van der Waals surface area contributed by atoms with E-state index in [9.17, 15) is 0 Å². The van der Waals surface area contributed by atoms with Crippen molar-refractivity contribution in [3.8, 4) is 5.88 Å². The fraction of sp³-hybridized carbons (Fsp3) is 0.143. The van der Waals surface area contributed by atoms with E-state index in [-0.39, 0.29) is 0 Å². The monoisotopic (exact) mass is 365 g/mol. The minimum absolute atomic E-state index is 0.628. The Labute approximate surface area is 124 Å². The normalized spacial score (nSPS) is 10.8. The Bertz CT molecular complexity index is 724. The van der Waals surface area contributed by atoms with Crippen molar-refractivity contribution < 1.29 is 4.74 Å². The Balaban J connectivity index is 1.96. The van der Waals surface area contributed by atoms with Gasteiger partial charge in [-0.3, -0.25) is 4.68 Å². The molecule has 0 spiro atoms. The molecular formula is C14H12IN3O. The molecule has 4 nitrogen and oxygen atoms in total. The molecule has 3 rings (SSSR count). The first-order chi connectivity index (χ1) is 9.26. The SMILES string of the molecule is COc1cc(Cn2ncc3cc(I)ccc32)ccn1. The minimum Gasteiger partial charge on any atom is -0.481 e. The Morgan fingerprint density at radius 2 is 2.16 bits per heavy atom. The lowest BCUT2D eigenvalue weighted by molar-refractivity contribution is 0.397. The lowest BCUT2D eigenvalue weighted by Crippen LogP contribution is -2.02. The van der Waals surface area contributed by atoms with Crippen molar-refractivity contribution in [2.45, 2.75) is 6.54 Å². The average Bonchev–Trinajstić information content (AvgIpc) is 2.81. The number of nitrogens with zero attached hydrogens (tertiary/aromatic N) is 3. The fourth-order valence-electron chi connectivity index (χ4n) is 2.02. The summed E-state index contributed by atoms with van der Waals surface area (Å²) in [6, 6.07) is 10.2. The van der Waals surface area contributed by atoms with Crippen LogP contribution in [0.5, 0.6) is 5.88 Å². The lowest BCUT2D eigenvalue weighted by atomic mass is 10.2. The van der Waals surface area contributed by atoms with Gasteiger partial charge in [-0.05, 0) is 52.4 Å². The first kappa shape index (κ1) is 12.4. The van der Waals surface area contributed by atoms with Crippen molar-refractivity contribution in [1.29, 1.82) is 0 Å². The zero-order chi connectivity index (χ0) is 13.2.